The van der Waals surface area contributed by atoms with Crippen LogP contribution in [-0.2, 0) is 6.42 Å². The summed E-state index contributed by atoms with van der Waals surface area (Å²) >= 11 is 1.76. The topological polar surface area (TPSA) is 12.0 Å². The Labute approximate surface area is 90.5 Å². The van der Waals surface area contributed by atoms with Crippen LogP contribution in [0.2, 0.25) is 0 Å². The molecule has 14 heavy (non-hydrogen) atoms. The molecule has 0 saturated carbocycles. The Bertz CT molecular complexity index is 292. The largest absolute Gasteiger partial charge is 0.313 e. The van der Waals surface area contributed by atoms with E-state index in [-0.39, 0.29) is 0 Å². The van der Waals surface area contributed by atoms with E-state index in [1.54, 1.807) is 11.3 Å². The van der Waals surface area contributed by atoms with Gasteiger partial charge in [0.2, 0.25) is 0 Å². The van der Waals surface area contributed by atoms with Crippen molar-refractivity contribution in [3.05, 3.63) is 22.4 Å². The van der Waals surface area contributed by atoms with E-state index < -0.39 is 0 Å². The maximum Gasteiger partial charge on any atom is 0.0246 e. The fraction of sp³-hybridized carbons (Fsp3) is 0.500. The quantitative estimate of drug-likeness (QED) is 0.732. The van der Waals surface area contributed by atoms with Crippen LogP contribution >= 0.6 is 11.3 Å². The van der Waals surface area contributed by atoms with Crippen molar-refractivity contribution in [1.82, 2.24) is 5.32 Å². The lowest BCUT2D eigenvalue weighted by Gasteiger charge is -2.13. The van der Waals surface area contributed by atoms with Gasteiger partial charge in [-0.05, 0) is 42.3 Å². The van der Waals surface area contributed by atoms with Crippen molar-refractivity contribution in [1.29, 1.82) is 0 Å². The molecule has 0 fully saturated rings. The first-order valence-electron chi connectivity index (χ1n) is 5.01. The molecule has 0 aliphatic carbocycles. The number of hydrogen-bond acceptors (Lipinski definition) is 2. The molecular formula is C12H17NS. The zero-order chi connectivity index (χ0) is 10.2. The summed E-state index contributed by atoms with van der Waals surface area (Å²) in [5.41, 5.74) is 1.42. The van der Waals surface area contributed by atoms with Gasteiger partial charge in [-0.3, -0.25) is 0 Å². The lowest BCUT2D eigenvalue weighted by molar-refractivity contribution is 0.536. The Kier molecular flexibility index (Phi) is 5.36. The molecule has 0 aliphatic heterocycles. The van der Waals surface area contributed by atoms with E-state index in [2.05, 4.69) is 40.9 Å². The summed E-state index contributed by atoms with van der Waals surface area (Å²) < 4.78 is 0. The van der Waals surface area contributed by atoms with Gasteiger partial charge in [0.1, 0.15) is 0 Å². The van der Waals surface area contributed by atoms with E-state index >= 15 is 0 Å². The van der Waals surface area contributed by atoms with Crippen molar-refractivity contribution >= 4 is 11.3 Å². The number of hydrogen-bond donors (Lipinski definition) is 1. The molecule has 2 heteroatoms. The third-order valence-electron chi connectivity index (χ3n) is 2.08. The van der Waals surface area contributed by atoms with E-state index in [4.69, 9.17) is 0 Å². The third-order valence-corrected chi connectivity index (χ3v) is 2.81. The molecular weight excluding hydrogens is 190 g/mol. The molecule has 1 atom stereocenters. The first-order valence-corrected chi connectivity index (χ1v) is 5.95. The van der Waals surface area contributed by atoms with E-state index in [9.17, 15) is 0 Å². The molecule has 0 radical (unpaired) electrons. The van der Waals surface area contributed by atoms with Gasteiger partial charge >= 0.3 is 0 Å². The van der Waals surface area contributed by atoms with E-state index in [0.717, 1.165) is 19.4 Å². The predicted molar refractivity (Wildman–Crippen MR) is 63.6 cm³/mol. The summed E-state index contributed by atoms with van der Waals surface area (Å²) in [5.74, 6) is 6.09. The van der Waals surface area contributed by atoms with Gasteiger partial charge in [0.25, 0.3) is 0 Å². The second kappa shape index (κ2) is 6.64. The summed E-state index contributed by atoms with van der Waals surface area (Å²) in [6, 6.07) is 2.69. The van der Waals surface area contributed by atoms with Crippen LogP contribution in [0.1, 0.15) is 25.8 Å². The molecule has 1 aromatic rings. The Balaban J connectivity index is 2.45. The van der Waals surface area contributed by atoms with Crippen LogP contribution in [-0.4, -0.2) is 12.6 Å². The van der Waals surface area contributed by atoms with Crippen LogP contribution < -0.4 is 5.32 Å². The first-order chi connectivity index (χ1) is 6.86. The van der Waals surface area contributed by atoms with Gasteiger partial charge in [0, 0.05) is 12.5 Å². The minimum absolute atomic E-state index is 0.502. The average Bonchev–Trinajstić information content (AvgIpc) is 2.67. The van der Waals surface area contributed by atoms with Crippen LogP contribution in [0, 0.1) is 11.8 Å². The number of nitrogens with one attached hydrogen (secondary N) is 1. The second-order valence-corrected chi connectivity index (χ2v) is 4.00. The monoisotopic (exact) mass is 207 g/mol. The van der Waals surface area contributed by atoms with Crippen LogP contribution in [0.4, 0.5) is 0 Å². The molecule has 76 valence electrons. The summed E-state index contributed by atoms with van der Waals surface area (Å²) in [4.78, 5) is 0. The number of likely N-dealkylation sites (N-methyl/N-ethyl adjacent to an activating group) is 1. The smallest absolute Gasteiger partial charge is 0.0246 e. The molecule has 0 bridgehead atoms. The molecule has 0 saturated heterocycles. The van der Waals surface area contributed by atoms with Crippen molar-refractivity contribution in [3.63, 3.8) is 0 Å². The fourth-order valence-corrected chi connectivity index (χ4v) is 2.11. The van der Waals surface area contributed by atoms with E-state index in [0.29, 0.717) is 6.04 Å². The molecule has 1 nitrogen and oxygen atoms in total. The highest BCUT2D eigenvalue weighted by Crippen LogP contribution is 2.10. The van der Waals surface area contributed by atoms with Crippen molar-refractivity contribution in [2.75, 3.05) is 6.54 Å². The van der Waals surface area contributed by atoms with Crippen LogP contribution in [0.3, 0.4) is 0 Å². The Hall–Kier alpha value is -0.780. The van der Waals surface area contributed by atoms with Crippen LogP contribution in [0.25, 0.3) is 0 Å². The summed E-state index contributed by atoms with van der Waals surface area (Å²) in [5, 5.41) is 7.80. The molecule has 0 amide bonds. The average molecular weight is 207 g/mol. The maximum absolute atomic E-state index is 3.46. The lowest BCUT2D eigenvalue weighted by Crippen LogP contribution is -2.30. The zero-order valence-electron chi connectivity index (χ0n) is 8.84. The molecule has 0 spiro atoms. The van der Waals surface area contributed by atoms with Gasteiger partial charge in [-0.1, -0.05) is 6.92 Å². The third kappa shape index (κ3) is 3.95. The molecule has 1 heterocycles. The van der Waals surface area contributed by atoms with Gasteiger partial charge in [0.05, 0.1) is 0 Å². The molecule has 1 N–H and O–H groups in total. The molecule has 0 aliphatic rings. The Morgan fingerprint density at radius 1 is 1.57 bits per heavy atom. The van der Waals surface area contributed by atoms with Crippen molar-refractivity contribution < 1.29 is 0 Å². The van der Waals surface area contributed by atoms with Crippen molar-refractivity contribution in [2.45, 2.75) is 32.7 Å². The Morgan fingerprint density at radius 2 is 2.43 bits per heavy atom. The first kappa shape index (κ1) is 11.3. The Morgan fingerprint density at radius 3 is 3.00 bits per heavy atom. The highest BCUT2D eigenvalue weighted by molar-refractivity contribution is 7.07. The summed E-state index contributed by atoms with van der Waals surface area (Å²) in [6.45, 7) is 5.05. The summed E-state index contributed by atoms with van der Waals surface area (Å²) in [7, 11) is 0. The molecule has 0 aromatic carbocycles. The molecule has 1 unspecified atom stereocenters. The van der Waals surface area contributed by atoms with Gasteiger partial charge < -0.3 is 5.32 Å². The lowest BCUT2D eigenvalue weighted by atomic mass is 10.1. The van der Waals surface area contributed by atoms with Gasteiger partial charge in [-0.2, -0.15) is 11.3 Å². The number of thiophene rings is 1. The van der Waals surface area contributed by atoms with Crippen molar-refractivity contribution in [3.8, 4) is 11.8 Å². The summed E-state index contributed by atoms with van der Waals surface area (Å²) in [6.07, 6.45) is 2.03. The standard InChI is InChI=1S/C12H17NS/c1-3-5-6-12(13-4-2)9-11-7-8-14-10-11/h7-8,10,12-13H,4,6,9H2,1-2H3. The maximum atomic E-state index is 3.46. The molecule has 1 aromatic heterocycles. The normalized spacial score (nSPS) is 11.9. The van der Waals surface area contributed by atoms with Gasteiger partial charge in [-0.25, -0.2) is 0 Å². The SMILES string of the molecule is CC#CCC(Cc1ccsc1)NCC. The minimum Gasteiger partial charge on any atom is -0.313 e. The molecule has 1 rings (SSSR count). The highest BCUT2D eigenvalue weighted by Gasteiger charge is 2.06. The van der Waals surface area contributed by atoms with E-state index in [1.165, 1.54) is 5.56 Å². The zero-order valence-corrected chi connectivity index (χ0v) is 9.66. The van der Waals surface area contributed by atoms with Crippen molar-refractivity contribution in [2.24, 2.45) is 0 Å². The second-order valence-electron chi connectivity index (χ2n) is 3.22. The van der Waals surface area contributed by atoms with E-state index in [1.807, 2.05) is 6.92 Å². The highest BCUT2D eigenvalue weighted by atomic mass is 32.1. The number of rotatable bonds is 5. The predicted octanol–water partition coefficient (Wildman–Crippen LogP) is 2.68. The fourth-order valence-electron chi connectivity index (χ4n) is 1.42. The minimum atomic E-state index is 0.502. The van der Waals surface area contributed by atoms with Crippen LogP contribution in [0.15, 0.2) is 16.8 Å². The van der Waals surface area contributed by atoms with Gasteiger partial charge in [0.15, 0.2) is 0 Å². The van der Waals surface area contributed by atoms with Gasteiger partial charge in [-0.15, -0.1) is 11.8 Å². The van der Waals surface area contributed by atoms with Crippen LogP contribution in [0.5, 0.6) is 0 Å².